The Balaban J connectivity index is 1.76. The molecule has 0 atom stereocenters. The van der Waals surface area contributed by atoms with Gasteiger partial charge in [-0.25, -0.2) is 9.63 Å². The van der Waals surface area contributed by atoms with Gasteiger partial charge < -0.3 is 4.74 Å². The average Bonchev–Trinajstić information content (AvgIpc) is 2.75. The molecule has 158 valence electrons. The molecular weight excluding hydrogens is 422 g/mol. The predicted octanol–water partition coefficient (Wildman–Crippen LogP) is 3.43. The smallest absolute Gasteiger partial charge is 0.343 e. The van der Waals surface area contributed by atoms with Gasteiger partial charge in [0.1, 0.15) is 0 Å². The molecule has 10 heteroatoms. The molecule has 1 N–H and O–H groups in total. The number of sulfonamides is 1. The molecule has 3 aromatic rings. The second kappa shape index (κ2) is 9.18. The Bertz CT molecular complexity index is 1240. The number of nitrogens with one attached hydrogen (secondary N) is 1. The minimum atomic E-state index is -3.88. The lowest BCUT2D eigenvalue weighted by Crippen LogP contribution is -2.18. The number of nitro benzene ring substituents is 1. The molecule has 0 amide bonds. The van der Waals surface area contributed by atoms with Crippen LogP contribution in [0, 0.1) is 17.0 Å². The molecule has 0 aliphatic carbocycles. The van der Waals surface area contributed by atoms with Crippen molar-refractivity contribution >= 4 is 27.9 Å². The summed E-state index contributed by atoms with van der Waals surface area (Å²) in [5, 5.41) is 15.1. The lowest BCUT2D eigenvalue weighted by Gasteiger charge is -2.06. The van der Waals surface area contributed by atoms with Crippen molar-refractivity contribution in [2.24, 2.45) is 5.10 Å². The fourth-order valence-electron chi connectivity index (χ4n) is 2.52. The molecule has 0 unspecified atom stereocenters. The van der Waals surface area contributed by atoms with Gasteiger partial charge in [0.05, 0.1) is 21.6 Å². The molecule has 0 heterocycles. The first-order valence-electron chi connectivity index (χ1n) is 8.93. The maximum absolute atomic E-state index is 12.2. The summed E-state index contributed by atoms with van der Waals surface area (Å²) in [4.78, 5) is 24.9. The van der Waals surface area contributed by atoms with Gasteiger partial charge in [-0.2, -0.15) is 13.5 Å². The molecule has 0 spiro atoms. The number of hydrogen-bond donors (Lipinski definition) is 1. The molecule has 0 saturated carbocycles. The molecule has 0 aliphatic rings. The van der Waals surface area contributed by atoms with Gasteiger partial charge in [-0.15, -0.1) is 0 Å². The standard InChI is InChI=1S/C21H17N3O6S/c1-15-7-10-18(11-8-15)31(28,29)23-22-14-16-9-12-20(19(13-16)24(26)27)30-21(25)17-5-3-2-4-6-17/h2-14,23H,1H3/b22-14+. The van der Waals surface area contributed by atoms with Gasteiger partial charge in [-0.3, -0.25) is 10.1 Å². The Hall–Kier alpha value is -4.05. The number of rotatable bonds is 7. The van der Waals surface area contributed by atoms with Crippen LogP contribution in [0.5, 0.6) is 5.75 Å². The third-order valence-corrected chi connectivity index (χ3v) is 5.35. The summed E-state index contributed by atoms with van der Waals surface area (Å²) in [7, 11) is -3.88. The number of ether oxygens (including phenoxy) is 1. The van der Waals surface area contributed by atoms with Crippen molar-refractivity contribution in [2.75, 3.05) is 0 Å². The minimum absolute atomic E-state index is 0.0319. The number of nitro groups is 1. The lowest BCUT2D eigenvalue weighted by atomic mass is 10.2. The molecule has 9 nitrogen and oxygen atoms in total. The Morgan fingerprint density at radius 3 is 2.39 bits per heavy atom. The summed E-state index contributed by atoms with van der Waals surface area (Å²) >= 11 is 0. The van der Waals surface area contributed by atoms with Gasteiger partial charge in [-0.05, 0) is 43.3 Å². The highest BCUT2D eigenvalue weighted by Crippen LogP contribution is 2.28. The van der Waals surface area contributed by atoms with E-state index < -0.39 is 26.6 Å². The summed E-state index contributed by atoms with van der Waals surface area (Å²) in [6.45, 7) is 1.83. The maximum Gasteiger partial charge on any atom is 0.343 e. The van der Waals surface area contributed by atoms with E-state index in [1.54, 1.807) is 30.3 Å². The zero-order valence-electron chi connectivity index (χ0n) is 16.3. The van der Waals surface area contributed by atoms with Crippen LogP contribution in [-0.2, 0) is 10.0 Å². The molecule has 0 fully saturated rings. The van der Waals surface area contributed by atoms with Gasteiger partial charge >= 0.3 is 11.7 Å². The van der Waals surface area contributed by atoms with Gasteiger partial charge in [0.2, 0.25) is 5.75 Å². The lowest BCUT2D eigenvalue weighted by molar-refractivity contribution is -0.385. The van der Waals surface area contributed by atoms with Crippen molar-refractivity contribution in [3.8, 4) is 5.75 Å². The summed E-state index contributed by atoms with van der Waals surface area (Å²) in [5.41, 5.74) is 0.920. The molecular formula is C21H17N3O6S. The molecule has 0 aliphatic heterocycles. The zero-order chi connectivity index (χ0) is 22.4. The zero-order valence-corrected chi connectivity index (χ0v) is 17.1. The first-order chi connectivity index (χ1) is 14.8. The highest BCUT2D eigenvalue weighted by atomic mass is 32.2. The number of hydrogen-bond acceptors (Lipinski definition) is 7. The molecule has 3 rings (SSSR count). The van der Waals surface area contributed by atoms with E-state index in [4.69, 9.17) is 4.74 Å². The second-order valence-corrected chi connectivity index (χ2v) is 8.07. The SMILES string of the molecule is Cc1ccc(S(=O)(=O)N/N=C/c2ccc(OC(=O)c3ccccc3)c([N+](=O)[O-])c2)cc1. The van der Waals surface area contributed by atoms with Crippen molar-refractivity contribution in [2.45, 2.75) is 11.8 Å². The quantitative estimate of drug-likeness (QED) is 0.197. The van der Waals surface area contributed by atoms with E-state index >= 15 is 0 Å². The van der Waals surface area contributed by atoms with Crippen molar-refractivity contribution in [3.05, 3.63) is 99.6 Å². The van der Waals surface area contributed by atoms with Crippen molar-refractivity contribution in [3.63, 3.8) is 0 Å². The monoisotopic (exact) mass is 439 g/mol. The molecule has 0 bridgehead atoms. The third-order valence-electron chi connectivity index (χ3n) is 4.11. The number of hydrazone groups is 1. The van der Waals surface area contributed by atoms with E-state index in [1.807, 2.05) is 11.8 Å². The summed E-state index contributed by atoms with van der Waals surface area (Å²) in [5.74, 6) is -0.979. The largest absolute Gasteiger partial charge is 0.416 e. The molecule has 0 radical (unpaired) electrons. The van der Waals surface area contributed by atoms with Gasteiger partial charge in [-0.1, -0.05) is 35.9 Å². The van der Waals surface area contributed by atoms with Crippen LogP contribution < -0.4 is 9.57 Å². The molecule has 3 aromatic carbocycles. The Labute approximate surface area is 178 Å². The normalized spacial score (nSPS) is 11.3. The van der Waals surface area contributed by atoms with Crippen LogP contribution in [0.2, 0.25) is 0 Å². The Morgan fingerprint density at radius 1 is 1.06 bits per heavy atom. The van der Waals surface area contributed by atoms with Crippen LogP contribution in [0.1, 0.15) is 21.5 Å². The van der Waals surface area contributed by atoms with Crippen LogP contribution in [0.4, 0.5) is 5.69 Å². The second-order valence-electron chi connectivity index (χ2n) is 6.41. The first-order valence-corrected chi connectivity index (χ1v) is 10.4. The van der Waals surface area contributed by atoms with Gasteiger partial charge in [0, 0.05) is 11.6 Å². The highest BCUT2D eigenvalue weighted by Gasteiger charge is 2.19. The minimum Gasteiger partial charge on any atom is -0.416 e. The van der Waals surface area contributed by atoms with E-state index in [1.165, 1.54) is 36.4 Å². The molecule has 0 aromatic heterocycles. The van der Waals surface area contributed by atoms with Crippen LogP contribution >= 0.6 is 0 Å². The van der Waals surface area contributed by atoms with Crippen molar-refractivity contribution in [1.29, 1.82) is 0 Å². The third kappa shape index (κ3) is 5.52. The topological polar surface area (TPSA) is 128 Å². The number of esters is 1. The predicted molar refractivity (Wildman–Crippen MR) is 114 cm³/mol. The maximum atomic E-state index is 12.2. The fourth-order valence-corrected chi connectivity index (χ4v) is 3.31. The highest BCUT2D eigenvalue weighted by molar-refractivity contribution is 7.89. The van der Waals surface area contributed by atoms with Crippen LogP contribution in [0.3, 0.4) is 0 Å². The van der Waals surface area contributed by atoms with E-state index in [0.29, 0.717) is 0 Å². The van der Waals surface area contributed by atoms with Crippen LogP contribution in [0.15, 0.2) is 82.8 Å². The average molecular weight is 439 g/mol. The number of carbonyl (C=O) groups excluding carboxylic acids is 1. The van der Waals surface area contributed by atoms with Crippen LogP contribution in [0.25, 0.3) is 0 Å². The van der Waals surface area contributed by atoms with Gasteiger partial charge in [0.25, 0.3) is 10.0 Å². The summed E-state index contributed by atoms with van der Waals surface area (Å²) in [6, 6.07) is 18.0. The van der Waals surface area contributed by atoms with Crippen molar-refractivity contribution < 1.29 is 22.9 Å². The Kier molecular flexibility index (Phi) is 6.41. The van der Waals surface area contributed by atoms with E-state index in [0.717, 1.165) is 17.8 Å². The van der Waals surface area contributed by atoms with E-state index in [2.05, 4.69) is 5.10 Å². The fraction of sp³-hybridized carbons (Fsp3) is 0.0476. The number of nitrogens with zero attached hydrogens (tertiary/aromatic N) is 2. The Morgan fingerprint density at radius 2 is 1.74 bits per heavy atom. The summed E-state index contributed by atoms with van der Waals surface area (Å²) < 4.78 is 29.6. The van der Waals surface area contributed by atoms with E-state index in [9.17, 15) is 23.3 Å². The molecule has 31 heavy (non-hydrogen) atoms. The number of carbonyl (C=O) groups is 1. The number of aryl methyl sites for hydroxylation is 1. The number of benzene rings is 3. The first kappa shape index (κ1) is 21.7. The van der Waals surface area contributed by atoms with Gasteiger partial charge in [0.15, 0.2) is 0 Å². The summed E-state index contributed by atoms with van der Waals surface area (Å²) in [6.07, 6.45) is 1.11. The van der Waals surface area contributed by atoms with Crippen molar-refractivity contribution in [1.82, 2.24) is 4.83 Å². The van der Waals surface area contributed by atoms with E-state index in [-0.39, 0.29) is 21.8 Å². The molecule has 0 saturated heterocycles. The van der Waals surface area contributed by atoms with Crippen LogP contribution in [-0.4, -0.2) is 25.5 Å².